The molecule has 0 unspecified atom stereocenters. The summed E-state index contributed by atoms with van der Waals surface area (Å²) in [5.74, 6) is 1.84. The molecule has 0 aromatic carbocycles. The highest BCUT2D eigenvalue weighted by Gasteiger charge is 2.12. The zero-order valence-corrected chi connectivity index (χ0v) is 9.92. The van der Waals surface area contributed by atoms with Gasteiger partial charge in [-0.05, 0) is 13.3 Å². The van der Waals surface area contributed by atoms with E-state index in [1.54, 1.807) is 17.0 Å². The van der Waals surface area contributed by atoms with Gasteiger partial charge in [0.25, 0.3) is 0 Å². The standard InChI is InChI=1S/C11H15N5O/c1-3-6-17-11-9(12)10(14-7-15-11)16-5-4-13-8(16)2/h4-5,7H,3,6,12H2,1-2H3. The molecule has 6 heteroatoms. The maximum absolute atomic E-state index is 5.99. The minimum Gasteiger partial charge on any atom is -0.476 e. The molecule has 0 aliphatic carbocycles. The van der Waals surface area contributed by atoms with Crippen molar-refractivity contribution in [1.29, 1.82) is 0 Å². The molecule has 2 aromatic rings. The van der Waals surface area contributed by atoms with Gasteiger partial charge in [0, 0.05) is 12.4 Å². The largest absolute Gasteiger partial charge is 0.476 e. The molecule has 2 heterocycles. The number of rotatable bonds is 4. The molecule has 0 fully saturated rings. The Morgan fingerprint density at radius 2 is 2.18 bits per heavy atom. The lowest BCUT2D eigenvalue weighted by atomic mass is 10.4. The van der Waals surface area contributed by atoms with Crippen LogP contribution in [0.25, 0.3) is 5.82 Å². The van der Waals surface area contributed by atoms with E-state index >= 15 is 0 Å². The topological polar surface area (TPSA) is 78.9 Å². The summed E-state index contributed by atoms with van der Waals surface area (Å²) in [6.45, 7) is 4.50. The minimum atomic E-state index is 0.421. The average Bonchev–Trinajstić information content (AvgIpc) is 2.74. The van der Waals surface area contributed by atoms with E-state index in [1.807, 2.05) is 13.8 Å². The fourth-order valence-corrected chi connectivity index (χ4v) is 1.48. The first-order chi connectivity index (χ1) is 8.24. The van der Waals surface area contributed by atoms with Gasteiger partial charge in [0.15, 0.2) is 5.82 Å². The highest BCUT2D eigenvalue weighted by molar-refractivity contribution is 5.60. The number of aromatic nitrogens is 4. The van der Waals surface area contributed by atoms with Crippen molar-refractivity contribution in [3.05, 3.63) is 24.5 Å². The van der Waals surface area contributed by atoms with E-state index in [4.69, 9.17) is 10.5 Å². The Bertz CT molecular complexity index is 508. The van der Waals surface area contributed by atoms with Crippen LogP contribution in [-0.4, -0.2) is 26.1 Å². The van der Waals surface area contributed by atoms with Gasteiger partial charge in [-0.1, -0.05) is 6.92 Å². The Morgan fingerprint density at radius 3 is 2.82 bits per heavy atom. The van der Waals surface area contributed by atoms with Crippen molar-refractivity contribution in [1.82, 2.24) is 19.5 Å². The molecule has 0 spiro atoms. The zero-order chi connectivity index (χ0) is 12.3. The third kappa shape index (κ3) is 2.20. The molecule has 2 N–H and O–H groups in total. The molecular formula is C11H15N5O. The molecule has 0 amide bonds. The lowest BCUT2D eigenvalue weighted by molar-refractivity contribution is 0.306. The maximum atomic E-state index is 5.99. The van der Waals surface area contributed by atoms with Crippen molar-refractivity contribution >= 4 is 5.69 Å². The van der Waals surface area contributed by atoms with Crippen molar-refractivity contribution < 1.29 is 4.74 Å². The van der Waals surface area contributed by atoms with Gasteiger partial charge >= 0.3 is 0 Å². The number of aryl methyl sites for hydroxylation is 1. The molecule has 0 radical (unpaired) electrons. The van der Waals surface area contributed by atoms with Gasteiger partial charge in [-0.15, -0.1) is 0 Å². The van der Waals surface area contributed by atoms with Crippen LogP contribution in [0.1, 0.15) is 19.2 Å². The Labute approximate surface area is 99.5 Å². The van der Waals surface area contributed by atoms with Crippen LogP contribution in [0.3, 0.4) is 0 Å². The Balaban J connectivity index is 2.39. The summed E-state index contributed by atoms with van der Waals surface area (Å²) in [6.07, 6.45) is 5.85. The van der Waals surface area contributed by atoms with Crippen LogP contribution < -0.4 is 10.5 Å². The number of nitrogen functional groups attached to an aromatic ring is 1. The summed E-state index contributed by atoms with van der Waals surface area (Å²) < 4.78 is 7.26. The molecule has 2 rings (SSSR count). The zero-order valence-electron chi connectivity index (χ0n) is 9.92. The van der Waals surface area contributed by atoms with E-state index in [-0.39, 0.29) is 0 Å². The van der Waals surface area contributed by atoms with Crippen LogP contribution in [-0.2, 0) is 0 Å². The molecule has 0 bridgehead atoms. The highest BCUT2D eigenvalue weighted by atomic mass is 16.5. The molecule has 90 valence electrons. The molecule has 0 aliphatic rings. The SMILES string of the molecule is CCCOc1ncnc(-n2ccnc2C)c1N. The van der Waals surface area contributed by atoms with Crippen molar-refractivity contribution in [2.24, 2.45) is 0 Å². The van der Waals surface area contributed by atoms with Crippen molar-refractivity contribution in [2.75, 3.05) is 12.3 Å². The third-order valence-electron chi connectivity index (χ3n) is 2.32. The highest BCUT2D eigenvalue weighted by Crippen LogP contribution is 2.24. The lowest BCUT2D eigenvalue weighted by Gasteiger charge is -2.10. The Hall–Kier alpha value is -2.11. The predicted molar refractivity (Wildman–Crippen MR) is 64.1 cm³/mol. The first kappa shape index (κ1) is 11.4. The van der Waals surface area contributed by atoms with Gasteiger partial charge in [0.05, 0.1) is 6.61 Å². The smallest absolute Gasteiger partial charge is 0.242 e. The summed E-state index contributed by atoms with van der Waals surface area (Å²) in [5.41, 5.74) is 6.42. The predicted octanol–water partition coefficient (Wildman–Crippen LogP) is 1.34. The second-order valence-electron chi connectivity index (χ2n) is 3.61. The van der Waals surface area contributed by atoms with Crippen molar-refractivity contribution in [3.8, 4) is 11.7 Å². The maximum Gasteiger partial charge on any atom is 0.242 e. The molecule has 2 aromatic heterocycles. The van der Waals surface area contributed by atoms with E-state index in [0.717, 1.165) is 12.2 Å². The number of nitrogens with two attached hydrogens (primary N) is 1. The summed E-state index contributed by atoms with van der Waals surface area (Å²) in [7, 11) is 0. The van der Waals surface area contributed by atoms with Crippen LogP contribution in [0.15, 0.2) is 18.7 Å². The van der Waals surface area contributed by atoms with E-state index in [1.165, 1.54) is 6.33 Å². The molecule has 6 nitrogen and oxygen atoms in total. The Morgan fingerprint density at radius 1 is 1.35 bits per heavy atom. The minimum absolute atomic E-state index is 0.421. The normalized spacial score (nSPS) is 10.5. The average molecular weight is 233 g/mol. The molecule has 0 saturated carbocycles. The van der Waals surface area contributed by atoms with E-state index in [9.17, 15) is 0 Å². The van der Waals surface area contributed by atoms with Crippen molar-refractivity contribution in [3.63, 3.8) is 0 Å². The van der Waals surface area contributed by atoms with E-state index in [2.05, 4.69) is 15.0 Å². The van der Waals surface area contributed by atoms with Crippen LogP contribution in [0.2, 0.25) is 0 Å². The number of ether oxygens (including phenoxy) is 1. The number of nitrogens with zero attached hydrogens (tertiary/aromatic N) is 4. The molecule has 17 heavy (non-hydrogen) atoms. The fraction of sp³-hybridized carbons (Fsp3) is 0.364. The summed E-state index contributed by atoms with van der Waals surface area (Å²) >= 11 is 0. The monoisotopic (exact) mass is 233 g/mol. The van der Waals surface area contributed by atoms with E-state index in [0.29, 0.717) is 24.0 Å². The summed E-state index contributed by atoms with van der Waals surface area (Å²) in [6, 6.07) is 0. The number of hydrogen-bond donors (Lipinski definition) is 1. The van der Waals surface area contributed by atoms with E-state index < -0.39 is 0 Å². The summed E-state index contributed by atoms with van der Waals surface area (Å²) in [4.78, 5) is 12.3. The summed E-state index contributed by atoms with van der Waals surface area (Å²) in [5, 5.41) is 0. The van der Waals surface area contributed by atoms with Gasteiger partial charge in [0.2, 0.25) is 5.88 Å². The lowest BCUT2D eigenvalue weighted by Crippen LogP contribution is -2.08. The van der Waals surface area contributed by atoms with Crippen LogP contribution in [0, 0.1) is 6.92 Å². The molecule has 0 aliphatic heterocycles. The molecular weight excluding hydrogens is 218 g/mol. The van der Waals surface area contributed by atoms with Gasteiger partial charge < -0.3 is 10.5 Å². The third-order valence-corrected chi connectivity index (χ3v) is 2.32. The van der Waals surface area contributed by atoms with Gasteiger partial charge in [-0.3, -0.25) is 4.57 Å². The first-order valence-corrected chi connectivity index (χ1v) is 5.47. The quantitative estimate of drug-likeness (QED) is 0.862. The van der Waals surface area contributed by atoms with Gasteiger partial charge in [-0.2, -0.15) is 4.98 Å². The molecule has 0 atom stereocenters. The second kappa shape index (κ2) is 4.82. The van der Waals surface area contributed by atoms with Crippen LogP contribution in [0.5, 0.6) is 5.88 Å². The Kier molecular flexibility index (Phi) is 3.22. The number of imidazole rings is 1. The number of hydrogen-bond acceptors (Lipinski definition) is 5. The van der Waals surface area contributed by atoms with Crippen LogP contribution in [0.4, 0.5) is 5.69 Å². The molecule has 0 saturated heterocycles. The second-order valence-corrected chi connectivity index (χ2v) is 3.61. The fourth-order valence-electron chi connectivity index (χ4n) is 1.48. The van der Waals surface area contributed by atoms with Gasteiger partial charge in [0.1, 0.15) is 17.8 Å². The van der Waals surface area contributed by atoms with Gasteiger partial charge in [-0.25, -0.2) is 9.97 Å². The first-order valence-electron chi connectivity index (χ1n) is 5.47. The van der Waals surface area contributed by atoms with Crippen molar-refractivity contribution in [2.45, 2.75) is 20.3 Å². The number of anilines is 1. The van der Waals surface area contributed by atoms with Crippen LogP contribution >= 0.6 is 0 Å².